The molecule has 0 heterocycles. The third kappa shape index (κ3) is 7.85. The van der Waals surface area contributed by atoms with Crippen LogP contribution in [0.3, 0.4) is 0 Å². The number of nitrogens with one attached hydrogen (secondary N) is 3. The van der Waals surface area contributed by atoms with E-state index in [1.807, 2.05) is 0 Å². The molecule has 0 unspecified atom stereocenters. The number of carbonyl (C=O) groups is 3. The van der Waals surface area contributed by atoms with Crippen molar-refractivity contribution in [1.82, 2.24) is 4.72 Å². The number of halogens is 1. The molecule has 0 saturated heterocycles. The molecule has 0 aliphatic rings. The number of ether oxygens (including phenoxy) is 1. The number of sulfonamides is 1. The van der Waals surface area contributed by atoms with Crippen molar-refractivity contribution in [2.75, 3.05) is 10.6 Å². The van der Waals surface area contributed by atoms with Gasteiger partial charge in [-0.25, -0.2) is 8.42 Å². The fourth-order valence-electron chi connectivity index (χ4n) is 2.71. The molecule has 0 aliphatic carbocycles. The lowest BCUT2D eigenvalue weighted by Crippen LogP contribution is -2.47. The van der Waals surface area contributed by atoms with Gasteiger partial charge in [0.1, 0.15) is 6.04 Å². The first-order chi connectivity index (χ1) is 15.4. The summed E-state index contributed by atoms with van der Waals surface area (Å²) in [6.07, 6.45) is -1.19. The van der Waals surface area contributed by atoms with Gasteiger partial charge in [-0.15, -0.1) is 0 Å². The number of amides is 2. The molecule has 0 radical (unpaired) electrons. The highest BCUT2D eigenvalue weighted by Crippen LogP contribution is 2.18. The highest BCUT2D eigenvalue weighted by molar-refractivity contribution is 7.89. The summed E-state index contributed by atoms with van der Waals surface area (Å²) < 4.78 is 32.9. The van der Waals surface area contributed by atoms with Gasteiger partial charge >= 0.3 is 5.97 Å². The minimum atomic E-state index is -4.06. The summed E-state index contributed by atoms with van der Waals surface area (Å²) in [5.41, 5.74) is 0.991. The molecule has 2 rings (SSSR count). The van der Waals surface area contributed by atoms with Crippen LogP contribution in [0, 0.1) is 5.92 Å². The normalized spacial score (nSPS) is 13.2. The molecule has 9 nitrogen and oxygen atoms in total. The Morgan fingerprint density at radius 2 is 1.52 bits per heavy atom. The van der Waals surface area contributed by atoms with E-state index in [1.54, 1.807) is 38.1 Å². The SMILES string of the molecule is CC(=O)Nc1ccc(NC(=O)[C@H](C)OC(=O)[C@@H](NS(=O)(=O)c2cccc(Cl)c2)C(C)C)cc1. The predicted octanol–water partition coefficient (Wildman–Crippen LogP) is 3.17. The monoisotopic (exact) mass is 495 g/mol. The summed E-state index contributed by atoms with van der Waals surface area (Å²) >= 11 is 5.87. The minimum absolute atomic E-state index is 0.0954. The molecule has 0 bridgehead atoms. The first-order valence-electron chi connectivity index (χ1n) is 10.1. The van der Waals surface area contributed by atoms with Gasteiger partial charge in [0, 0.05) is 23.3 Å². The van der Waals surface area contributed by atoms with Gasteiger partial charge in [-0.2, -0.15) is 4.72 Å². The largest absolute Gasteiger partial charge is 0.451 e. The summed E-state index contributed by atoms with van der Waals surface area (Å²) in [5, 5.41) is 5.43. The molecule has 2 atom stereocenters. The number of hydrogen-bond acceptors (Lipinski definition) is 6. The third-order valence-electron chi connectivity index (χ3n) is 4.44. The van der Waals surface area contributed by atoms with Gasteiger partial charge in [-0.05, 0) is 55.3 Å². The molecular formula is C22H26ClN3O6S. The number of carbonyl (C=O) groups excluding carboxylic acids is 3. The van der Waals surface area contributed by atoms with Crippen molar-refractivity contribution >= 4 is 50.8 Å². The van der Waals surface area contributed by atoms with E-state index in [2.05, 4.69) is 15.4 Å². The first-order valence-corrected chi connectivity index (χ1v) is 11.9. The van der Waals surface area contributed by atoms with Gasteiger partial charge in [0.25, 0.3) is 5.91 Å². The van der Waals surface area contributed by atoms with Gasteiger partial charge in [0.2, 0.25) is 15.9 Å². The second-order valence-electron chi connectivity index (χ2n) is 7.63. The second kappa shape index (κ2) is 11.3. The molecule has 2 aromatic rings. The maximum absolute atomic E-state index is 12.7. The summed E-state index contributed by atoms with van der Waals surface area (Å²) in [4.78, 5) is 36.1. The number of rotatable bonds is 9. The zero-order valence-electron chi connectivity index (χ0n) is 18.6. The lowest BCUT2D eigenvalue weighted by molar-refractivity contribution is -0.155. The Kier molecular flexibility index (Phi) is 8.98. The van der Waals surface area contributed by atoms with Crippen LogP contribution in [0.4, 0.5) is 11.4 Å². The molecular weight excluding hydrogens is 470 g/mol. The van der Waals surface area contributed by atoms with Crippen molar-refractivity contribution in [2.24, 2.45) is 5.92 Å². The zero-order valence-corrected chi connectivity index (χ0v) is 20.2. The molecule has 33 heavy (non-hydrogen) atoms. The van der Waals surface area contributed by atoms with Crippen LogP contribution < -0.4 is 15.4 Å². The standard InChI is InChI=1S/C22H26ClN3O6S/c1-13(2)20(26-33(30,31)19-7-5-6-16(23)12-19)22(29)32-14(3)21(28)25-18-10-8-17(9-11-18)24-15(4)27/h5-14,20,26H,1-4H3,(H,24,27)(H,25,28)/t14-,20-/m0/s1. The molecule has 2 aromatic carbocycles. The van der Waals surface area contributed by atoms with Gasteiger partial charge in [-0.1, -0.05) is 31.5 Å². The maximum atomic E-state index is 12.7. The van der Waals surface area contributed by atoms with E-state index in [9.17, 15) is 22.8 Å². The van der Waals surface area contributed by atoms with Gasteiger partial charge in [0.05, 0.1) is 4.90 Å². The molecule has 0 saturated carbocycles. The van der Waals surface area contributed by atoms with Gasteiger partial charge in [-0.3, -0.25) is 14.4 Å². The number of benzene rings is 2. The molecule has 0 aromatic heterocycles. The summed E-state index contributed by atoms with van der Waals surface area (Å²) in [5.74, 6) is -2.17. The lowest BCUT2D eigenvalue weighted by atomic mass is 10.1. The van der Waals surface area contributed by atoms with Crippen molar-refractivity contribution in [2.45, 2.75) is 44.7 Å². The maximum Gasteiger partial charge on any atom is 0.325 e. The molecule has 0 fully saturated rings. The topological polar surface area (TPSA) is 131 Å². The average Bonchev–Trinajstić information content (AvgIpc) is 2.72. The van der Waals surface area contributed by atoms with Crippen molar-refractivity contribution < 1.29 is 27.5 Å². The smallest absolute Gasteiger partial charge is 0.325 e. The van der Waals surface area contributed by atoms with Gasteiger partial charge in [0.15, 0.2) is 6.10 Å². The van der Waals surface area contributed by atoms with Crippen LogP contribution in [0.25, 0.3) is 0 Å². The Labute approximate surface area is 197 Å². The fraction of sp³-hybridized carbons (Fsp3) is 0.318. The molecule has 0 spiro atoms. The Bertz CT molecular complexity index is 1120. The van der Waals surface area contributed by atoms with Crippen LogP contribution in [0.15, 0.2) is 53.4 Å². The van der Waals surface area contributed by atoms with E-state index in [0.717, 1.165) is 0 Å². The summed E-state index contributed by atoms with van der Waals surface area (Å²) in [6, 6.07) is 10.8. The number of esters is 1. The average molecular weight is 496 g/mol. The van der Waals surface area contributed by atoms with Crippen molar-refractivity contribution in [3.05, 3.63) is 53.6 Å². The van der Waals surface area contributed by atoms with Crippen LogP contribution in [0.2, 0.25) is 5.02 Å². The van der Waals surface area contributed by atoms with E-state index in [1.165, 1.54) is 38.1 Å². The second-order valence-corrected chi connectivity index (χ2v) is 9.78. The molecule has 178 valence electrons. The highest BCUT2D eigenvalue weighted by Gasteiger charge is 2.32. The Morgan fingerprint density at radius 1 is 0.939 bits per heavy atom. The molecule has 3 N–H and O–H groups in total. The fourth-order valence-corrected chi connectivity index (χ4v) is 4.34. The van der Waals surface area contributed by atoms with Crippen molar-refractivity contribution in [1.29, 1.82) is 0 Å². The van der Waals surface area contributed by atoms with Crippen LogP contribution in [-0.4, -0.2) is 38.3 Å². The van der Waals surface area contributed by atoms with Crippen molar-refractivity contribution in [3.63, 3.8) is 0 Å². The lowest BCUT2D eigenvalue weighted by Gasteiger charge is -2.23. The Morgan fingerprint density at radius 3 is 2.03 bits per heavy atom. The highest BCUT2D eigenvalue weighted by atomic mass is 35.5. The van der Waals surface area contributed by atoms with E-state index >= 15 is 0 Å². The third-order valence-corrected chi connectivity index (χ3v) is 6.12. The van der Waals surface area contributed by atoms with E-state index < -0.39 is 40.0 Å². The van der Waals surface area contributed by atoms with Crippen LogP contribution in [0.1, 0.15) is 27.7 Å². The summed E-state index contributed by atoms with van der Waals surface area (Å²) in [7, 11) is -4.06. The molecule has 0 aliphatic heterocycles. The summed E-state index contributed by atoms with van der Waals surface area (Å²) in [6.45, 7) is 6.05. The van der Waals surface area contributed by atoms with E-state index in [4.69, 9.17) is 16.3 Å². The Hall–Kier alpha value is -2.95. The predicted molar refractivity (Wildman–Crippen MR) is 125 cm³/mol. The molecule has 11 heteroatoms. The zero-order chi connectivity index (χ0) is 24.8. The quantitative estimate of drug-likeness (QED) is 0.458. The van der Waals surface area contributed by atoms with Crippen molar-refractivity contribution in [3.8, 4) is 0 Å². The van der Waals surface area contributed by atoms with Gasteiger partial charge < -0.3 is 15.4 Å². The van der Waals surface area contributed by atoms with Crippen LogP contribution in [-0.2, 0) is 29.1 Å². The molecule has 2 amide bonds. The van der Waals surface area contributed by atoms with Crippen LogP contribution in [0.5, 0.6) is 0 Å². The number of hydrogen-bond donors (Lipinski definition) is 3. The number of anilines is 2. The van der Waals surface area contributed by atoms with Crippen LogP contribution >= 0.6 is 11.6 Å². The van der Waals surface area contributed by atoms with E-state index in [0.29, 0.717) is 11.4 Å². The minimum Gasteiger partial charge on any atom is -0.451 e. The first kappa shape index (κ1) is 26.3. The Balaban J connectivity index is 2.03. The van der Waals surface area contributed by atoms with E-state index in [-0.39, 0.29) is 15.8 Å².